The Morgan fingerprint density at radius 1 is 1.29 bits per heavy atom. The molecule has 81 valence electrons. The minimum Gasteiger partial charge on any atom is -0.484 e. The van der Waals surface area contributed by atoms with Crippen molar-refractivity contribution in [3.63, 3.8) is 0 Å². The monoisotopic (exact) mass is 280 g/mol. The Bertz CT molecular complexity index is 149. The van der Waals surface area contributed by atoms with Crippen molar-refractivity contribution in [2.75, 3.05) is 0 Å². The molecule has 0 atom stereocenters. The number of aromatic amines is 1. The Labute approximate surface area is 103 Å². The third kappa shape index (κ3) is 30.1. The van der Waals surface area contributed by atoms with E-state index >= 15 is 0 Å². The van der Waals surface area contributed by atoms with Crippen LogP contribution in [0.15, 0.2) is 36.6 Å². The standard InChI is InChI=1S/C5H7.C4H4N.3CH3.Ru/c1-3-5-4-2;1-2-4-5-3-1;;;;/h1,3-5H,2H3;1-3,5H;3*1H3;/q5*-1;+5. The molecule has 1 heterocycles. The fraction of sp³-hybridized carbons (Fsp3) is 0.0833. The topological polar surface area (TPSA) is 15.8 Å². The third-order valence-electron chi connectivity index (χ3n) is 0.746. The van der Waals surface area contributed by atoms with E-state index in [0.29, 0.717) is 0 Å². The van der Waals surface area contributed by atoms with E-state index in [1.165, 1.54) is 6.08 Å². The second-order valence-corrected chi connectivity index (χ2v) is 1.53. The van der Waals surface area contributed by atoms with Gasteiger partial charge in [-0.05, 0) is 0 Å². The van der Waals surface area contributed by atoms with Gasteiger partial charge in [0.1, 0.15) is 0 Å². The van der Waals surface area contributed by atoms with Gasteiger partial charge < -0.3 is 27.3 Å². The maximum Gasteiger partial charge on any atom is 5.00 e. The van der Waals surface area contributed by atoms with Gasteiger partial charge in [-0.2, -0.15) is 24.4 Å². The van der Waals surface area contributed by atoms with Crippen LogP contribution in [0.3, 0.4) is 0 Å². The summed E-state index contributed by atoms with van der Waals surface area (Å²) in [5, 5.41) is 0. The van der Waals surface area contributed by atoms with Crippen molar-refractivity contribution in [3.8, 4) is 0 Å². The first-order valence-electron chi connectivity index (χ1n) is 3.07. The Morgan fingerprint density at radius 3 is 1.93 bits per heavy atom. The van der Waals surface area contributed by atoms with Crippen LogP contribution in [0.1, 0.15) is 6.92 Å². The predicted octanol–water partition coefficient (Wildman–Crippen LogP) is 3.71. The van der Waals surface area contributed by atoms with E-state index in [4.69, 9.17) is 6.58 Å². The van der Waals surface area contributed by atoms with Gasteiger partial charge in [0.2, 0.25) is 0 Å². The average Bonchev–Trinajstić information content (AvgIpc) is 2.44. The van der Waals surface area contributed by atoms with Gasteiger partial charge in [0, 0.05) is 0 Å². The van der Waals surface area contributed by atoms with E-state index in [1.807, 2.05) is 31.3 Å². The van der Waals surface area contributed by atoms with E-state index in [0.717, 1.165) is 0 Å². The zero-order chi connectivity index (χ0) is 7.66. The fourth-order valence-corrected chi connectivity index (χ4v) is 0.352. The van der Waals surface area contributed by atoms with Gasteiger partial charge in [0.15, 0.2) is 0 Å². The molecule has 0 amide bonds. The molecule has 0 saturated heterocycles. The Balaban J connectivity index is -0.0000000300. The van der Waals surface area contributed by atoms with Crippen LogP contribution in [0.4, 0.5) is 0 Å². The van der Waals surface area contributed by atoms with Gasteiger partial charge in [-0.15, -0.1) is 6.20 Å². The molecule has 0 aromatic carbocycles. The van der Waals surface area contributed by atoms with Crippen molar-refractivity contribution in [3.05, 3.63) is 71.6 Å². The zero-order valence-electron chi connectivity index (χ0n) is 9.40. The van der Waals surface area contributed by atoms with Crippen molar-refractivity contribution in [2.24, 2.45) is 0 Å². The van der Waals surface area contributed by atoms with Gasteiger partial charge in [-0.1, -0.05) is 6.92 Å². The molecule has 1 N–H and O–H groups in total. The molecule has 1 nitrogen and oxygen atoms in total. The molecule has 0 bridgehead atoms. The Hall–Kier alpha value is -0.617. The van der Waals surface area contributed by atoms with Crippen molar-refractivity contribution < 1.29 is 19.5 Å². The third-order valence-corrected chi connectivity index (χ3v) is 0.746. The molecule has 0 unspecified atom stereocenters. The van der Waals surface area contributed by atoms with Crippen LogP contribution in [0.2, 0.25) is 0 Å². The summed E-state index contributed by atoms with van der Waals surface area (Å²) < 4.78 is 0. The minimum absolute atomic E-state index is 0. The molecular weight excluding hydrogens is 259 g/mol. The summed E-state index contributed by atoms with van der Waals surface area (Å²) in [6, 6.07) is 3.71. The van der Waals surface area contributed by atoms with Gasteiger partial charge in [0.25, 0.3) is 0 Å². The van der Waals surface area contributed by atoms with Crippen LogP contribution >= 0.6 is 0 Å². The second kappa shape index (κ2) is 29.4. The number of aromatic nitrogens is 1. The minimum atomic E-state index is 0. The van der Waals surface area contributed by atoms with Crippen LogP contribution in [-0.4, -0.2) is 4.98 Å². The molecule has 0 aliphatic carbocycles. The predicted molar refractivity (Wildman–Crippen MR) is 62.6 cm³/mol. The van der Waals surface area contributed by atoms with Gasteiger partial charge in [-0.3, -0.25) is 6.58 Å². The smallest absolute Gasteiger partial charge is 0.484 e. The molecule has 0 saturated carbocycles. The number of allylic oxidation sites excluding steroid dienone is 3. The van der Waals surface area contributed by atoms with Crippen molar-refractivity contribution >= 4 is 0 Å². The quantitative estimate of drug-likeness (QED) is 0.458. The molecule has 1 aromatic rings. The largest absolute Gasteiger partial charge is 5.00 e. The first kappa shape index (κ1) is 29.2. The average molecular weight is 279 g/mol. The molecule has 2 heteroatoms. The molecule has 1 radical (unpaired) electrons. The van der Waals surface area contributed by atoms with Crippen molar-refractivity contribution in [1.82, 2.24) is 4.98 Å². The van der Waals surface area contributed by atoms with E-state index in [9.17, 15) is 0 Å². The molecular formula is C12H20NRu. The maximum atomic E-state index is 4.93. The summed E-state index contributed by atoms with van der Waals surface area (Å²) in [5.41, 5.74) is 0. The second-order valence-electron chi connectivity index (χ2n) is 1.53. The summed E-state index contributed by atoms with van der Waals surface area (Å²) in [5.74, 6) is 0. The molecule has 0 aliphatic rings. The molecule has 1 aromatic heterocycles. The van der Waals surface area contributed by atoms with E-state index in [-0.39, 0.29) is 41.8 Å². The first-order chi connectivity index (χ1) is 4.91. The SMILES string of the molecule is [CH-]=CC=CC.[CH3-].[CH3-].[CH3-].[Ru+5].[c-]1ccc[nH]1. The van der Waals surface area contributed by atoms with Gasteiger partial charge in [-0.25, -0.2) is 12.2 Å². The molecule has 0 fully saturated rings. The molecule has 1 rings (SSSR count). The zero-order valence-corrected chi connectivity index (χ0v) is 11.1. The van der Waals surface area contributed by atoms with Crippen LogP contribution in [-0.2, 0) is 19.5 Å². The number of hydrogen-bond acceptors (Lipinski definition) is 0. The van der Waals surface area contributed by atoms with Crippen molar-refractivity contribution in [2.45, 2.75) is 6.92 Å². The summed E-state index contributed by atoms with van der Waals surface area (Å²) in [6.45, 7) is 6.85. The van der Waals surface area contributed by atoms with Crippen LogP contribution in [0, 0.1) is 35.1 Å². The van der Waals surface area contributed by atoms with E-state index < -0.39 is 0 Å². The van der Waals surface area contributed by atoms with Crippen LogP contribution < -0.4 is 0 Å². The Kier molecular flexibility index (Phi) is 61.4. The van der Waals surface area contributed by atoms with E-state index in [2.05, 4.69) is 11.2 Å². The normalized spacial score (nSPS) is 6.07. The number of rotatable bonds is 1. The summed E-state index contributed by atoms with van der Waals surface area (Å²) in [7, 11) is 0. The number of H-pyrrole nitrogens is 1. The molecule has 0 spiro atoms. The summed E-state index contributed by atoms with van der Waals surface area (Å²) >= 11 is 0. The Morgan fingerprint density at radius 2 is 1.86 bits per heavy atom. The summed E-state index contributed by atoms with van der Waals surface area (Å²) in [6.07, 6.45) is 9.71. The van der Waals surface area contributed by atoms with Crippen LogP contribution in [0.25, 0.3) is 0 Å². The van der Waals surface area contributed by atoms with Gasteiger partial charge >= 0.3 is 19.5 Å². The van der Waals surface area contributed by atoms with Gasteiger partial charge in [0.05, 0.1) is 0 Å². The van der Waals surface area contributed by atoms with E-state index in [1.54, 1.807) is 6.08 Å². The number of nitrogens with one attached hydrogen (secondary N) is 1. The fourth-order valence-electron chi connectivity index (χ4n) is 0.352. The van der Waals surface area contributed by atoms with Crippen LogP contribution in [0.5, 0.6) is 0 Å². The maximum absolute atomic E-state index is 4.93. The molecule has 0 aliphatic heterocycles. The first-order valence-corrected chi connectivity index (χ1v) is 3.07. The van der Waals surface area contributed by atoms with Crippen molar-refractivity contribution in [1.29, 1.82) is 0 Å². The number of hydrogen-bond donors (Lipinski definition) is 1. The molecule has 14 heavy (non-hydrogen) atoms. The summed E-state index contributed by atoms with van der Waals surface area (Å²) in [4.78, 5) is 2.74.